The molecule has 2 rings (SSSR count). The molecule has 0 aliphatic heterocycles. The van der Waals surface area contributed by atoms with Gasteiger partial charge in [0.25, 0.3) is 0 Å². The molecule has 1 fully saturated rings. The van der Waals surface area contributed by atoms with Crippen molar-refractivity contribution in [2.75, 3.05) is 5.32 Å². The zero-order valence-electron chi connectivity index (χ0n) is 8.52. The van der Waals surface area contributed by atoms with E-state index in [-0.39, 0.29) is 0 Å². The molecule has 3 heteroatoms. The van der Waals surface area contributed by atoms with E-state index in [2.05, 4.69) is 42.4 Å². The Kier molecular flexibility index (Phi) is 1.82. The Morgan fingerprint density at radius 1 is 1.54 bits per heavy atom. The van der Waals surface area contributed by atoms with E-state index in [0.717, 1.165) is 5.82 Å². The first-order valence-corrected chi connectivity index (χ1v) is 4.93. The van der Waals surface area contributed by atoms with Gasteiger partial charge in [0.05, 0.1) is 0 Å². The van der Waals surface area contributed by atoms with Gasteiger partial charge in [-0.05, 0) is 26.7 Å². The van der Waals surface area contributed by atoms with Crippen LogP contribution in [-0.2, 0) is 5.41 Å². The second-order valence-corrected chi connectivity index (χ2v) is 4.53. The van der Waals surface area contributed by atoms with E-state index in [1.54, 1.807) is 0 Å². The van der Waals surface area contributed by atoms with Crippen molar-refractivity contribution in [2.45, 2.75) is 45.1 Å². The summed E-state index contributed by atoms with van der Waals surface area (Å²) in [6, 6.07) is 2.58. The number of hydrogen-bond acceptors (Lipinski definition) is 2. The standard InChI is InChI=1S/C10H17N3/c1-7(2)11-9-6-8(12-13-9)10(3)4-5-10/h6-7H,4-5H2,1-3H3,(H2,11,12,13). The van der Waals surface area contributed by atoms with Gasteiger partial charge in [-0.2, -0.15) is 5.10 Å². The molecule has 0 saturated heterocycles. The lowest BCUT2D eigenvalue weighted by Gasteiger charge is -2.05. The van der Waals surface area contributed by atoms with E-state index in [9.17, 15) is 0 Å². The van der Waals surface area contributed by atoms with Gasteiger partial charge in [0.15, 0.2) is 0 Å². The number of nitrogens with zero attached hydrogens (tertiary/aromatic N) is 1. The summed E-state index contributed by atoms with van der Waals surface area (Å²) < 4.78 is 0. The first kappa shape index (κ1) is 8.60. The Morgan fingerprint density at radius 3 is 2.77 bits per heavy atom. The second kappa shape index (κ2) is 2.76. The van der Waals surface area contributed by atoms with Crippen LogP contribution in [-0.4, -0.2) is 16.2 Å². The maximum atomic E-state index is 4.23. The van der Waals surface area contributed by atoms with Crippen LogP contribution >= 0.6 is 0 Å². The van der Waals surface area contributed by atoms with E-state index in [1.807, 2.05) is 0 Å². The van der Waals surface area contributed by atoms with Crippen molar-refractivity contribution >= 4 is 5.82 Å². The molecule has 1 aliphatic rings. The Hall–Kier alpha value is -0.990. The topological polar surface area (TPSA) is 40.7 Å². The second-order valence-electron chi connectivity index (χ2n) is 4.53. The van der Waals surface area contributed by atoms with Crippen molar-refractivity contribution in [1.82, 2.24) is 10.2 Å². The quantitative estimate of drug-likeness (QED) is 0.747. The van der Waals surface area contributed by atoms with Gasteiger partial charge in [0.2, 0.25) is 0 Å². The van der Waals surface area contributed by atoms with Crippen LogP contribution < -0.4 is 5.32 Å². The molecule has 1 aliphatic carbocycles. The highest BCUT2D eigenvalue weighted by molar-refractivity contribution is 5.39. The SMILES string of the molecule is CC(C)Nc1cc(C2(C)CC2)[nH]n1. The fourth-order valence-electron chi connectivity index (χ4n) is 1.46. The van der Waals surface area contributed by atoms with Gasteiger partial charge in [-0.3, -0.25) is 5.10 Å². The predicted octanol–water partition coefficient (Wildman–Crippen LogP) is 2.28. The molecule has 1 heterocycles. The zero-order chi connectivity index (χ0) is 9.47. The summed E-state index contributed by atoms with van der Waals surface area (Å²) in [6.45, 7) is 6.51. The number of H-pyrrole nitrogens is 1. The molecule has 1 aromatic heterocycles. The number of rotatable bonds is 3. The van der Waals surface area contributed by atoms with Crippen LogP contribution in [0.1, 0.15) is 39.3 Å². The van der Waals surface area contributed by atoms with E-state index >= 15 is 0 Å². The minimum absolute atomic E-state index is 0.393. The third-order valence-electron chi connectivity index (χ3n) is 2.66. The minimum atomic E-state index is 0.393. The molecular formula is C10H17N3. The van der Waals surface area contributed by atoms with Gasteiger partial charge in [-0.1, -0.05) is 6.92 Å². The molecule has 72 valence electrons. The average molecular weight is 179 g/mol. The van der Waals surface area contributed by atoms with E-state index < -0.39 is 0 Å². The molecule has 13 heavy (non-hydrogen) atoms. The summed E-state index contributed by atoms with van der Waals surface area (Å²) >= 11 is 0. The van der Waals surface area contributed by atoms with Crippen LogP contribution in [0.5, 0.6) is 0 Å². The van der Waals surface area contributed by atoms with E-state index in [1.165, 1.54) is 18.5 Å². The Labute approximate surface area is 78.9 Å². The number of nitrogens with one attached hydrogen (secondary N) is 2. The molecular weight excluding hydrogens is 162 g/mol. The lowest BCUT2D eigenvalue weighted by atomic mass is 10.1. The maximum absolute atomic E-state index is 4.23. The summed E-state index contributed by atoms with van der Waals surface area (Å²) in [4.78, 5) is 0. The molecule has 0 amide bonds. The predicted molar refractivity (Wildman–Crippen MR) is 53.9 cm³/mol. The summed E-state index contributed by atoms with van der Waals surface area (Å²) in [5.41, 5.74) is 1.67. The Balaban J connectivity index is 2.09. The lowest BCUT2D eigenvalue weighted by molar-refractivity contribution is 0.742. The highest BCUT2D eigenvalue weighted by atomic mass is 15.2. The first-order valence-electron chi connectivity index (χ1n) is 4.93. The van der Waals surface area contributed by atoms with Crippen molar-refractivity contribution in [3.63, 3.8) is 0 Å². The van der Waals surface area contributed by atoms with Crippen molar-refractivity contribution in [2.24, 2.45) is 0 Å². The number of anilines is 1. The summed E-state index contributed by atoms with van der Waals surface area (Å²) in [5, 5.41) is 10.6. The Morgan fingerprint density at radius 2 is 2.23 bits per heavy atom. The van der Waals surface area contributed by atoms with Crippen molar-refractivity contribution < 1.29 is 0 Å². The molecule has 2 N–H and O–H groups in total. The van der Waals surface area contributed by atoms with Gasteiger partial charge >= 0.3 is 0 Å². The maximum Gasteiger partial charge on any atom is 0.148 e. The third kappa shape index (κ3) is 1.69. The molecule has 0 spiro atoms. The zero-order valence-corrected chi connectivity index (χ0v) is 8.52. The summed E-state index contributed by atoms with van der Waals surface area (Å²) in [7, 11) is 0. The highest BCUT2D eigenvalue weighted by Gasteiger charge is 2.40. The van der Waals surface area contributed by atoms with E-state index in [0.29, 0.717) is 11.5 Å². The smallest absolute Gasteiger partial charge is 0.148 e. The largest absolute Gasteiger partial charge is 0.366 e. The van der Waals surface area contributed by atoms with Gasteiger partial charge in [-0.25, -0.2) is 0 Å². The fourth-order valence-corrected chi connectivity index (χ4v) is 1.46. The molecule has 0 aromatic carbocycles. The molecule has 0 radical (unpaired) electrons. The number of aromatic amines is 1. The van der Waals surface area contributed by atoms with Crippen molar-refractivity contribution in [3.05, 3.63) is 11.8 Å². The van der Waals surface area contributed by atoms with Crippen LogP contribution in [0.15, 0.2) is 6.07 Å². The lowest BCUT2D eigenvalue weighted by Crippen LogP contribution is -2.09. The minimum Gasteiger partial charge on any atom is -0.366 e. The normalized spacial score (nSPS) is 19.1. The highest BCUT2D eigenvalue weighted by Crippen LogP contribution is 2.47. The molecule has 0 unspecified atom stereocenters. The first-order chi connectivity index (χ1) is 6.10. The number of hydrogen-bond donors (Lipinski definition) is 2. The molecule has 0 bridgehead atoms. The van der Waals surface area contributed by atoms with Gasteiger partial charge in [0.1, 0.15) is 5.82 Å². The molecule has 0 atom stereocenters. The van der Waals surface area contributed by atoms with Crippen molar-refractivity contribution in [3.8, 4) is 0 Å². The fraction of sp³-hybridized carbons (Fsp3) is 0.700. The van der Waals surface area contributed by atoms with Gasteiger partial charge < -0.3 is 5.32 Å². The van der Waals surface area contributed by atoms with E-state index in [4.69, 9.17) is 0 Å². The Bertz CT molecular complexity index is 297. The van der Waals surface area contributed by atoms with Gasteiger partial charge in [-0.15, -0.1) is 0 Å². The summed E-state index contributed by atoms with van der Waals surface area (Å²) in [5.74, 6) is 0.970. The molecule has 3 nitrogen and oxygen atoms in total. The monoisotopic (exact) mass is 179 g/mol. The average Bonchev–Trinajstić information content (AvgIpc) is 2.62. The molecule has 1 saturated carbocycles. The number of aromatic nitrogens is 2. The summed E-state index contributed by atoms with van der Waals surface area (Å²) in [6.07, 6.45) is 2.58. The van der Waals surface area contributed by atoms with Crippen molar-refractivity contribution in [1.29, 1.82) is 0 Å². The van der Waals surface area contributed by atoms with Crippen LogP contribution in [0.4, 0.5) is 5.82 Å². The van der Waals surface area contributed by atoms with Gasteiger partial charge in [0, 0.05) is 23.2 Å². The van der Waals surface area contributed by atoms with Crippen LogP contribution in [0.2, 0.25) is 0 Å². The van der Waals surface area contributed by atoms with Crippen LogP contribution in [0.3, 0.4) is 0 Å². The molecule has 1 aromatic rings. The van der Waals surface area contributed by atoms with Crippen LogP contribution in [0.25, 0.3) is 0 Å². The van der Waals surface area contributed by atoms with Crippen LogP contribution in [0, 0.1) is 0 Å². The third-order valence-corrected chi connectivity index (χ3v) is 2.66.